The van der Waals surface area contributed by atoms with Gasteiger partial charge >= 0.3 is 0 Å². The highest BCUT2D eigenvalue weighted by Crippen LogP contribution is 2.34. The summed E-state index contributed by atoms with van der Waals surface area (Å²) in [5, 5.41) is -0.448. The van der Waals surface area contributed by atoms with Crippen molar-refractivity contribution in [2.45, 2.75) is 9.79 Å². The molecule has 0 fully saturated rings. The molecule has 19 heavy (non-hydrogen) atoms. The van der Waals surface area contributed by atoms with Gasteiger partial charge in [0.1, 0.15) is 5.75 Å². The molecule has 0 saturated carbocycles. The molecule has 0 atom stereocenters. The fourth-order valence-corrected chi connectivity index (χ4v) is 4.43. The van der Waals surface area contributed by atoms with E-state index in [0.29, 0.717) is 4.90 Å². The summed E-state index contributed by atoms with van der Waals surface area (Å²) >= 11 is 0.834. The topological polar surface area (TPSA) is 133 Å². The molecular formula is C10H9N3O4S2. The molecule has 0 unspecified atom stereocenters. The Balaban J connectivity index is 2.53. The summed E-state index contributed by atoms with van der Waals surface area (Å²) < 4.78 is 23.7. The third-order valence-corrected chi connectivity index (χ3v) is 5.20. The molecule has 0 aliphatic carbocycles. The lowest BCUT2D eigenvalue weighted by molar-refractivity contribution is -0.108. The quantitative estimate of drug-likeness (QED) is 0.528. The van der Waals surface area contributed by atoms with E-state index in [0.717, 1.165) is 11.8 Å². The standard InChI is InChI=1S/C10H9N3O4S2/c11-10(12)13-9(15)5-1-2-6-7(3-5)19(16,17)4-8(14)18-6/h1-3H,4H2,(H4,11,12,13,15). The van der Waals surface area contributed by atoms with Gasteiger partial charge in [0.25, 0.3) is 5.91 Å². The Bertz CT molecular complexity index is 705. The number of nitrogens with zero attached hydrogens (tertiary/aromatic N) is 1. The van der Waals surface area contributed by atoms with Gasteiger partial charge in [0, 0.05) is 10.5 Å². The van der Waals surface area contributed by atoms with E-state index in [1.807, 2.05) is 0 Å². The molecule has 100 valence electrons. The van der Waals surface area contributed by atoms with Crippen molar-refractivity contribution < 1.29 is 18.0 Å². The second-order valence-electron chi connectivity index (χ2n) is 3.74. The maximum absolute atomic E-state index is 11.8. The van der Waals surface area contributed by atoms with Crippen LogP contribution in [0.15, 0.2) is 33.0 Å². The first-order chi connectivity index (χ1) is 8.79. The van der Waals surface area contributed by atoms with Gasteiger partial charge in [-0.3, -0.25) is 9.59 Å². The van der Waals surface area contributed by atoms with Crippen LogP contribution in [0.2, 0.25) is 0 Å². The average Bonchev–Trinajstić information content (AvgIpc) is 2.26. The number of nitrogens with two attached hydrogens (primary N) is 2. The second-order valence-corrected chi connectivity index (χ2v) is 6.79. The molecule has 2 rings (SSSR count). The number of hydrogen-bond donors (Lipinski definition) is 2. The molecule has 1 aliphatic heterocycles. The zero-order valence-corrected chi connectivity index (χ0v) is 11.1. The lowest BCUT2D eigenvalue weighted by atomic mass is 10.2. The van der Waals surface area contributed by atoms with Crippen LogP contribution < -0.4 is 11.5 Å². The van der Waals surface area contributed by atoms with Gasteiger partial charge in [-0.25, -0.2) is 8.42 Å². The van der Waals surface area contributed by atoms with E-state index < -0.39 is 32.6 Å². The van der Waals surface area contributed by atoms with E-state index in [2.05, 4.69) is 4.99 Å². The number of hydrogen-bond acceptors (Lipinski definition) is 5. The van der Waals surface area contributed by atoms with Gasteiger partial charge in [-0.1, -0.05) is 0 Å². The number of carbonyl (C=O) groups excluding carboxylic acids is 2. The molecule has 1 aliphatic rings. The van der Waals surface area contributed by atoms with Crippen molar-refractivity contribution in [1.29, 1.82) is 0 Å². The number of aliphatic imine (C=N–C) groups is 1. The van der Waals surface area contributed by atoms with Crippen LogP contribution in [0.1, 0.15) is 10.4 Å². The number of fused-ring (bicyclic) bond motifs is 1. The second kappa shape index (κ2) is 4.67. The van der Waals surface area contributed by atoms with E-state index >= 15 is 0 Å². The minimum atomic E-state index is -3.71. The highest BCUT2D eigenvalue weighted by Gasteiger charge is 2.30. The van der Waals surface area contributed by atoms with Crippen LogP contribution in [0.4, 0.5) is 0 Å². The lowest BCUT2D eigenvalue weighted by Crippen LogP contribution is -2.24. The highest BCUT2D eigenvalue weighted by atomic mass is 32.2. The van der Waals surface area contributed by atoms with Crippen molar-refractivity contribution in [3.8, 4) is 0 Å². The molecular weight excluding hydrogens is 290 g/mol. The Morgan fingerprint density at radius 3 is 2.63 bits per heavy atom. The molecule has 0 aromatic heterocycles. The van der Waals surface area contributed by atoms with Gasteiger partial charge in [-0.2, -0.15) is 4.99 Å². The summed E-state index contributed by atoms with van der Waals surface area (Å²) in [6.07, 6.45) is 0. The number of guanidine groups is 1. The third-order valence-electron chi connectivity index (χ3n) is 2.29. The number of amides is 1. The zero-order valence-electron chi connectivity index (χ0n) is 9.49. The summed E-state index contributed by atoms with van der Waals surface area (Å²) in [5.41, 5.74) is 10.2. The SMILES string of the molecule is NC(N)=NC(=O)c1ccc2c(c1)S(=O)(=O)CC(=O)S2. The van der Waals surface area contributed by atoms with Crippen LogP contribution in [-0.4, -0.2) is 31.2 Å². The van der Waals surface area contributed by atoms with Crippen LogP contribution in [-0.2, 0) is 14.6 Å². The van der Waals surface area contributed by atoms with Crippen molar-refractivity contribution in [1.82, 2.24) is 0 Å². The third kappa shape index (κ3) is 2.76. The first-order valence-electron chi connectivity index (χ1n) is 5.01. The zero-order chi connectivity index (χ0) is 14.2. The van der Waals surface area contributed by atoms with E-state index in [4.69, 9.17) is 11.5 Å². The minimum Gasteiger partial charge on any atom is -0.370 e. The molecule has 0 saturated heterocycles. The largest absolute Gasteiger partial charge is 0.370 e. The van der Waals surface area contributed by atoms with Crippen molar-refractivity contribution in [3.63, 3.8) is 0 Å². The van der Waals surface area contributed by atoms with Gasteiger partial charge < -0.3 is 11.5 Å². The Labute approximate surface area is 113 Å². The van der Waals surface area contributed by atoms with E-state index in [1.54, 1.807) is 0 Å². The van der Waals surface area contributed by atoms with Crippen molar-refractivity contribution >= 4 is 38.6 Å². The van der Waals surface area contributed by atoms with Gasteiger partial charge in [-0.05, 0) is 30.0 Å². The van der Waals surface area contributed by atoms with E-state index in [-0.39, 0.29) is 10.5 Å². The maximum Gasteiger partial charge on any atom is 0.280 e. The molecule has 9 heteroatoms. The molecule has 0 radical (unpaired) electrons. The summed E-state index contributed by atoms with van der Waals surface area (Å²) in [6.45, 7) is 0. The fourth-order valence-electron chi connectivity index (χ4n) is 1.54. The molecule has 1 heterocycles. The number of sulfone groups is 1. The van der Waals surface area contributed by atoms with E-state index in [1.165, 1.54) is 18.2 Å². The van der Waals surface area contributed by atoms with Crippen LogP contribution in [0.3, 0.4) is 0 Å². The Morgan fingerprint density at radius 2 is 2.00 bits per heavy atom. The van der Waals surface area contributed by atoms with Gasteiger partial charge in [-0.15, -0.1) is 0 Å². The number of benzene rings is 1. The predicted octanol–water partition coefficient (Wildman–Crippen LogP) is -0.494. The predicted molar refractivity (Wildman–Crippen MR) is 69.5 cm³/mol. The lowest BCUT2D eigenvalue weighted by Gasteiger charge is -2.14. The summed E-state index contributed by atoms with van der Waals surface area (Å²) in [4.78, 5) is 26.4. The van der Waals surface area contributed by atoms with Crippen molar-refractivity contribution in [3.05, 3.63) is 23.8 Å². The summed E-state index contributed by atoms with van der Waals surface area (Å²) in [6, 6.07) is 3.94. The van der Waals surface area contributed by atoms with Crippen LogP contribution in [0, 0.1) is 0 Å². The van der Waals surface area contributed by atoms with E-state index in [9.17, 15) is 18.0 Å². The highest BCUT2D eigenvalue weighted by molar-refractivity contribution is 8.16. The van der Waals surface area contributed by atoms with Gasteiger partial charge in [0.05, 0.1) is 4.90 Å². The molecule has 0 bridgehead atoms. The van der Waals surface area contributed by atoms with Crippen molar-refractivity contribution in [2.75, 3.05) is 5.75 Å². The summed E-state index contributed by atoms with van der Waals surface area (Å²) in [5.74, 6) is -1.72. The van der Waals surface area contributed by atoms with Gasteiger partial charge in [0.2, 0.25) is 5.12 Å². The van der Waals surface area contributed by atoms with Gasteiger partial charge in [0.15, 0.2) is 15.8 Å². The Hall–Kier alpha value is -1.87. The smallest absolute Gasteiger partial charge is 0.280 e. The minimum absolute atomic E-state index is 0.0469. The molecule has 4 N–H and O–H groups in total. The Morgan fingerprint density at radius 1 is 1.32 bits per heavy atom. The molecule has 7 nitrogen and oxygen atoms in total. The molecule has 1 aromatic rings. The Kier molecular flexibility index (Phi) is 3.33. The van der Waals surface area contributed by atoms with Crippen molar-refractivity contribution in [2.24, 2.45) is 16.5 Å². The number of rotatable bonds is 1. The maximum atomic E-state index is 11.8. The van der Waals surface area contributed by atoms with Crippen LogP contribution >= 0.6 is 11.8 Å². The summed E-state index contributed by atoms with van der Waals surface area (Å²) in [7, 11) is -3.71. The number of carbonyl (C=O) groups is 2. The fraction of sp³-hybridized carbons (Fsp3) is 0.100. The molecule has 0 spiro atoms. The average molecular weight is 299 g/mol. The molecule has 1 aromatic carbocycles. The first kappa shape index (κ1) is 13.6. The van der Waals surface area contributed by atoms with Crippen LogP contribution in [0.5, 0.6) is 0 Å². The van der Waals surface area contributed by atoms with Crippen LogP contribution in [0.25, 0.3) is 0 Å². The first-order valence-corrected chi connectivity index (χ1v) is 7.48. The normalized spacial score (nSPS) is 16.5. The monoisotopic (exact) mass is 299 g/mol. The number of thioether (sulfide) groups is 1. The molecule has 1 amide bonds.